The number of carbonyl (C=O) groups excluding carboxylic acids is 1. The van der Waals surface area contributed by atoms with Crippen molar-refractivity contribution in [3.8, 4) is 0 Å². The molecule has 0 saturated carbocycles. The van der Waals surface area contributed by atoms with Gasteiger partial charge in [-0.1, -0.05) is 50.1 Å². The van der Waals surface area contributed by atoms with E-state index >= 15 is 0 Å². The summed E-state index contributed by atoms with van der Waals surface area (Å²) in [5, 5.41) is 0. The minimum Gasteiger partial charge on any atom is -0.453 e. The first-order chi connectivity index (χ1) is 9.56. The van der Waals surface area contributed by atoms with Gasteiger partial charge in [-0.15, -0.1) is 0 Å². The maximum Gasteiger partial charge on any atom is 0.303 e. The van der Waals surface area contributed by atoms with E-state index in [0.29, 0.717) is 12.0 Å². The van der Waals surface area contributed by atoms with Gasteiger partial charge in [-0.3, -0.25) is 4.79 Å². The minimum absolute atomic E-state index is 0.0974. The summed E-state index contributed by atoms with van der Waals surface area (Å²) in [4.78, 5) is 11.2. The third kappa shape index (κ3) is 5.11. The van der Waals surface area contributed by atoms with Gasteiger partial charge in [0.1, 0.15) is 0 Å². The summed E-state index contributed by atoms with van der Waals surface area (Å²) in [6.07, 6.45) is -0.0216. The Morgan fingerprint density at radius 3 is 2.35 bits per heavy atom. The summed E-state index contributed by atoms with van der Waals surface area (Å²) in [6.45, 7) is 3.24. The molecule has 110 valence electrons. The molecule has 0 heterocycles. The van der Waals surface area contributed by atoms with Crippen molar-refractivity contribution in [2.24, 2.45) is 0 Å². The molecule has 0 saturated heterocycles. The molecule has 20 heavy (non-hydrogen) atoms. The van der Waals surface area contributed by atoms with Gasteiger partial charge in [0.25, 0.3) is 6.08 Å². The van der Waals surface area contributed by atoms with Crippen LogP contribution in [0, 0.1) is 0 Å². The molecule has 0 amide bonds. The van der Waals surface area contributed by atoms with Crippen LogP contribution in [0.1, 0.15) is 51.2 Å². The van der Waals surface area contributed by atoms with Crippen LogP contribution in [0.3, 0.4) is 0 Å². The highest BCUT2D eigenvalue weighted by molar-refractivity contribution is 5.66. The maximum absolute atomic E-state index is 13.2. The highest BCUT2D eigenvalue weighted by atomic mass is 19.3. The number of carbonyl (C=O) groups is 1. The van der Waals surface area contributed by atoms with Crippen molar-refractivity contribution in [1.82, 2.24) is 0 Å². The van der Waals surface area contributed by atoms with Crippen LogP contribution in [0.4, 0.5) is 8.78 Å². The number of benzene rings is 1. The fraction of sp³-hybridized carbons (Fsp3) is 0.438. The smallest absolute Gasteiger partial charge is 0.303 e. The first kappa shape index (κ1) is 16.3. The number of hydrogen-bond acceptors (Lipinski definition) is 2. The number of rotatable bonds is 7. The lowest BCUT2D eigenvalue weighted by atomic mass is 9.97. The Hall–Kier alpha value is -1.71. The van der Waals surface area contributed by atoms with Crippen LogP contribution in [-0.2, 0) is 9.53 Å². The van der Waals surface area contributed by atoms with Gasteiger partial charge < -0.3 is 4.74 Å². The average molecular weight is 282 g/mol. The Kier molecular flexibility index (Phi) is 6.91. The predicted molar refractivity (Wildman–Crippen MR) is 74.3 cm³/mol. The molecule has 0 aliphatic carbocycles. The molecule has 0 aliphatic rings. The van der Waals surface area contributed by atoms with Crippen LogP contribution in [-0.4, -0.2) is 5.97 Å². The third-order valence-electron chi connectivity index (χ3n) is 3.00. The summed E-state index contributed by atoms with van der Waals surface area (Å²) in [6, 6.07) is 8.66. The van der Waals surface area contributed by atoms with Gasteiger partial charge in [0.05, 0.1) is 0 Å². The van der Waals surface area contributed by atoms with Crippen molar-refractivity contribution in [2.45, 2.75) is 45.6 Å². The zero-order valence-corrected chi connectivity index (χ0v) is 11.9. The molecule has 0 aliphatic heterocycles. The monoisotopic (exact) mass is 282 g/mol. The van der Waals surface area contributed by atoms with Crippen molar-refractivity contribution < 1.29 is 18.3 Å². The van der Waals surface area contributed by atoms with E-state index in [9.17, 15) is 13.6 Å². The first-order valence-electron chi connectivity index (χ1n) is 6.82. The molecule has 0 bridgehead atoms. The summed E-state index contributed by atoms with van der Waals surface area (Å²) in [5.74, 6) is -0.562. The van der Waals surface area contributed by atoms with E-state index in [2.05, 4.69) is 0 Å². The summed E-state index contributed by atoms with van der Waals surface area (Å²) in [5.41, 5.74) is 0.474. The van der Waals surface area contributed by atoms with E-state index in [1.165, 1.54) is 6.92 Å². The molecule has 0 radical (unpaired) electrons. The molecular weight excluding hydrogens is 262 g/mol. The minimum atomic E-state index is -1.75. The predicted octanol–water partition coefficient (Wildman–Crippen LogP) is 5.02. The van der Waals surface area contributed by atoms with E-state index in [1.807, 2.05) is 6.92 Å². The van der Waals surface area contributed by atoms with Crippen LogP contribution in [0.2, 0.25) is 0 Å². The van der Waals surface area contributed by atoms with Crippen molar-refractivity contribution >= 4 is 5.97 Å². The van der Waals surface area contributed by atoms with Crippen LogP contribution >= 0.6 is 0 Å². The summed E-state index contributed by atoms with van der Waals surface area (Å²) in [7, 11) is 0. The Labute approximate surface area is 118 Å². The molecule has 2 nitrogen and oxygen atoms in total. The first-order valence-corrected chi connectivity index (χ1v) is 6.82. The molecule has 1 rings (SSSR count). The normalized spacial score (nSPS) is 11.8. The highest BCUT2D eigenvalue weighted by Gasteiger charge is 2.23. The number of unbranched alkanes of at least 4 members (excludes halogenated alkanes) is 2. The second-order valence-corrected chi connectivity index (χ2v) is 4.64. The van der Waals surface area contributed by atoms with E-state index in [1.54, 1.807) is 30.3 Å². The average Bonchev–Trinajstić information content (AvgIpc) is 2.42. The quantitative estimate of drug-likeness (QED) is 0.518. The van der Waals surface area contributed by atoms with Gasteiger partial charge in [-0.2, -0.15) is 8.78 Å². The Morgan fingerprint density at radius 2 is 1.85 bits per heavy atom. The third-order valence-corrected chi connectivity index (χ3v) is 3.00. The molecule has 0 aromatic heterocycles. The number of halogens is 2. The Morgan fingerprint density at radius 1 is 1.20 bits per heavy atom. The van der Waals surface area contributed by atoms with Gasteiger partial charge >= 0.3 is 5.97 Å². The molecule has 0 spiro atoms. The van der Waals surface area contributed by atoms with Crippen LogP contribution in [0.5, 0.6) is 0 Å². The summed E-state index contributed by atoms with van der Waals surface area (Å²) < 4.78 is 31.5. The van der Waals surface area contributed by atoms with Crippen LogP contribution in [0.15, 0.2) is 42.0 Å². The second kappa shape index (κ2) is 8.46. The number of hydrogen-bond donors (Lipinski definition) is 0. The van der Waals surface area contributed by atoms with E-state index in [4.69, 9.17) is 4.74 Å². The SMILES string of the molecule is CCCCCC(=C(F)F)C(OC(C)=O)c1ccccc1. The largest absolute Gasteiger partial charge is 0.453 e. The number of ether oxygens (including phenoxy) is 1. The van der Waals surface area contributed by atoms with E-state index < -0.39 is 18.2 Å². The Balaban J connectivity index is 3.00. The topological polar surface area (TPSA) is 26.3 Å². The van der Waals surface area contributed by atoms with Gasteiger partial charge in [-0.05, 0) is 18.4 Å². The van der Waals surface area contributed by atoms with Crippen molar-refractivity contribution in [1.29, 1.82) is 0 Å². The standard InChI is InChI=1S/C16H20F2O2/c1-3-4-6-11-14(16(17)18)15(20-12(2)19)13-9-7-5-8-10-13/h5,7-10,15H,3-4,6,11H2,1-2H3. The van der Waals surface area contributed by atoms with Crippen molar-refractivity contribution in [2.75, 3.05) is 0 Å². The fourth-order valence-electron chi connectivity index (χ4n) is 2.02. The maximum atomic E-state index is 13.2. The van der Waals surface area contributed by atoms with Crippen molar-refractivity contribution in [3.05, 3.63) is 47.5 Å². The molecule has 0 fully saturated rings. The lowest BCUT2D eigenvalue weighted by Gasteiger charge is -2.20. The van der Waals surface area contributed by atoms with Gasteiger partial charge in [0.2, 0.25) is 0 Å². The molecule has 1 atom stereocenters. The molecule has 1 aromatic carbocycles. The van der Waals surface area contributed by atoms with Crippen LogP contribution < -0.4 is 0 Å². The van der Waals surface area contributed by atoms with Crippen molar-refractivity contribution in [3.63, 3.8) is 0 Å². The second-order valence-electron chi connectivity index (χ2n) is 4.64. The lowest BCUT2D eigenvalue weighted by Crippen LogP contribution is -2.12. The van der Waals surface area contributed by atoms with Crippen LogP contribution in [0.25, 0.3) is 0 Å². The molecule has 0 N–H and O–H groups in total. The number of esters is 1. The Bertz CT molecular complexity index is 451. The highest BCUT2D eigenvalue weighted by Crippen LogP contribution is 2.33. The van der Waals surface area contributed by atoms with E-state index in [-0.39, 0.29) is 12.0 Å². The zero-order valence-electron chi connectivity index (χ0n) is 11.9. The zero-order chi connectivity index (χ0) is 15.0. The lowest BCUT2D eigenvalue weighted by molar-refractivity contribution is -0.145. The molecule has 4 heteroatoms. The fourth-order valence-corrected chi connectivity index (χ4v) is 2.02. The molecule has 1 aromatic rings. The van der Waals surface area contributed by atoms with E-state index in [0.717, 1.165) is 12.8 Å². The van der Waals surface area contributed by atoms with Gasteiger partial charge in [0.15, 0.2) is 6.10 Å². The molecule has 1 unspecified atom stereocenters. The molecular formula is C16H20F2O2. The van der Waals surface area contributed by atoms with Gasteiger partial charge in [0, 0.05) is 12.5 Å². The summed E-state index contributed by atoms with van der Waals surface area (Å²) >= 11 is 0. The van der Waals surface area contributed by atoms with Gasteiger partial charge in [-0.25, -0.2) is 0 Å².